The summed E-state index contributed by atoms with van der Waals surface area (Å²) in [6.07, 6.45) is 0.545. The Hall–Kier alpha value is -0.540. The Balaban J connectivity index is 2.44. The molecular formula is C12H13BrClNO. The van der Waals surface area contributed by atoms with E-state index in [1.165, 1.54) is 0 Å². The van der Waals surface area contributed by atoms with Gasteiger partial charge in [0.05, 0.1) is 10.7 Å². The smallest absolute Gasteiger partial charge is 0.228 e. The number of nitrogens with zero attached hydrogens (tertiary/aromatic N) is 1. The van der Waals surface area contributed by atoms with Crippen LogP contribution in [0.25, 0.3) is 0 Å². The van der Waals surface area contributed by atoms with Crippen LogP contribution in [0.3, 0.4) is 0 Å². The Kier molecular flexibility index (Phi) is 3.27. The van der Waals surface area contributed by atoms with Crippen LogP contribution in [0.4, 0.5) is 5.69 Å². The van der Waals surface area contributed by atoms with Crippen molar-refractivity contribution in [1.82, 2.24) is 0 Å². The van der Waals surface area contributed by atoms with E-state index in [4.69, 9.17) is 11.6 Å². The van der Waals surface area contributed by atoms with Gasteiger partial charge in [-0.3, -0.25) is 4.79 Å². The normalized spacial score (nSPS) is 20.6. The SMILES string of the molecule is Cc1cc(C)c(N2CC(Br)CC2=O)c(Cl)c1. The second-order valence-corrected chi connectivity index (χ2v) is 5.92. The molecule has 1 fully saturated rings. The lowest BCUT2D eigenvalue weighted by Gasteiger charge is -2.20. The summed E-state index contributed by atoms with van der Waals surface area (Å²) in [7, 11) is 0. The third-order valence-electron chi connectivity index (χ3n) is 2.75. The standard InChI is InChI=1S/C12H13BrClNO/c1-7-3-8(2)12(10(14)4-7)15-6-9(13)5-11(15)16/h3-4,9H,5-6H2,1-2H3. The number of benzene rings is 1. The minimum atomic E-state index is 0.135. The molecule has 2 nitrogen and oxygen atoms in total. The number of carbonyl (C=O) groups is 1. The molecule has 0 bridgehead atoms. The van der Waals surface area contributed by atoms with Crippen LogP contribution < -0.4 is 4.90 Å². The van der Waals surface area contributed by atoms with E-state index in [2.05, 4.69) is 22.0 Å². The summed E-state index contributed by atoms with van der Waals surface area (Å²) in [6, 6.07) is 3.95. The molecule has 16 heavy (non-hydrogen) atoms. The number of aryl methyl sites for hydroxylation is 2. The molecule has 4 heteroatoms. The third-order valence-corrected chi connectivity index (χ3v) is 3.65. The van der Waals surface area contributed by atoms with E-state index < -0.39 is 0 Å². The topological polar surface area (TPSA) is 20.3 Å². The molecule has 0 N–H and O–H groups in total. The van der Waals surface area contributed by atoms with E-state index in [0.717, 1.165) is 16.8 Å². The van der Waals surface area contributed by atoms with Crippen molar-refractivity contribution in [3.05, 3.63) is 28.3 Å². The van der Waals surface area contributed by atoms with Crippen LogP contribution in [0.15, 0.2) is 12.1 Å². The number of rotatable bonds is 1. The summed E-state index contributed by atoms with van der Waals surface area (Å²) in [5, 5.41) is 0.660. The highest BCUT2D eigenvalue weighted by Gasteiger charge is 2.30. The average molecular weight is 303 g/mol. The molecule has 0 spiro atoms. The summed E-state index contributed by atoms with van der Waals surface area (Å²) >= 11 is 9.69. The first-order valence-corrected chi connectivity index (χ1v) is 6.49. The Morgan fingerprint density at radius 3 is 2.62 bits per heavy atom. The summed E-state index contributed by atoms with van der Waals surface area (Å²) < 4.78 is 0. The van der Waals surface area contributed by atoms with Gasteiger partial charge in [-0.05, 0) is 31.0 Å². The van der Waals surface area contributed by atoms with E-state index in [9.17, 15) is 4.79 Å². The molecule has 2 rings (SSSR count). The highest BCUT2D eigenvalue weighted by molar-refractivity contribution is 9.09. The summed E-state index contributed by atoms with van der Waals surface area (Å²) in [4.78, 5) is 13.8. The second kappa shape index (κ2) is 4.38. The van der Waals surface area contributed by atoms with Gasteiger partial charge in [-0.25, -0.2) is 0 Å². The molecule has 0 aromatic heterocycles. The van der Waals surface area contributed by atoms with Crippen molar-refractivity contribution in [2.75, 3.05) is 11.4 Å². The number of hydrogen-bond acceptors (Lipinski definition) is 1. The van der Waals surface area contributed by atoms with Gasteiger partial charge in [0, 0.05) is 17.8 Å². The summed E-state index contributed by atoms with van der Waals surface area (Å²) in [5.41, 5.74) is 3.03. The van der Waals surface area contributed by atoms with Gasteiger partial charge < -0.3 is 4.90 Å². The molecule has 1 aromatic rings. The van der Waals surface area contributed by atoms with Gasteiger partial charge in [-0.1, -0.05) is 33.6 Å². The van der Waals surface area contributed by atoms with E-state index in [1.807, 2.05) is 19.9 Å². The van der Waals surface area contributed by atoms with Gasteiger partial charge in [0.2, 0.25) is 5.91 Å². The summed E-state index contributed by atoms with van der Waals surface area (Å²) in [5.74, 6) is 0.135. The lowest BCUT2D eigenvalue weighted by Crippen LogP contribution is -2.25. The van der Waals surface area contributed by atoms with Gasteiger partial charge in [0.15, 0.2) is 0 Å². The Morgan fingerprint density at radius 2 is 2.12 bits per heavy atom. The predicted molar refractivity (Wildman–Crippen MR) is 70.6 cm³/mol. The Morgan fingerprint density at radius 1 is 1.44 bits per heavy atom. The molecule has 0 saturated carbocycles. The molecule has 1 aliphatic heterocycles. The predicted octanol–water partition coefficient (Wildman–Crippen LogP) is 3.46. The third kappa shape index (κ3) is 2.11. The number of amides is 1. The first-order valence-electron chi connectivity index (χ1n) is 5.20. The lowest BCUT2D eigenvalue weighted by molar-refractivity contribution is -0.117. The minimum Gasteiger partial charge on any atom is -0.310 e. The van der Waals surface area contributed by atoms with Crippen LogP contribution in [0, 0.1) is 13.8 Å². The fourth-order valence-corrected chi connectivity index (χ4v) is 3.12. The van der Waals surface area contributed by atoms with Crippen molar-refractivity contribution in [3.63, 3.8) is 0 Å². The first kappa shape index (κ1) is 11.9. The lowest BCUT2D eigenvalue weighted by atomic mass is 10.1. The molecule has 86 valence electrons. The summed E-state index contributed by atoms with van der Waals surface area (Å²) in [6.45, 7) is 4.69. The van der Waals surface area contributed by atoms with Crippen LogP contribution in [-0.4, -0.2) is 17.3 Å². The van der Waals surface area contributed by atoms with Gasteiger partial charge in [0.1, 0.15) is 0 Å². The zero-order chi connectivity index (χ0) is 11.9. The number of carbonyl (C=O) groups excluding carboxylic acids is 1. The van der Waals surface area contributed by atoms with Crippen LogP contribution in [-0.2, 0) is 4.79 Å². The van der Waals surface area contributed by atoms with Crippen LogP contribution in [0.5, 0.6) is 0 Å². The number of halogens is 2. The highest BCUT2D eigenvalue weighted by atomic mass is 79.9. The zero-order valence-corrected chi connectivity index (χ0v) is 11.6. The fraction of sp³-hybridized carbons (Fsp3) is 0.417. The van der Waals surface area contributed by atoms with Crippen molar-refractivity contribution >= 4 is 39.1 Å². The van der Waals surface area contributed by atoms with Gasteiger partial charge in [-0.2, -0.15) is 0 Å². The van der Waals surface area contributed by atoms with Crippen LogP contribution in [0.1, 0.15) is 17.5 Å². The molecule has 1 amide bonds. The molecular weight excluding hydrogens is 289 g/mol. The van der Waals surface area contributed by atoms with Crippen molar-refractivity contribution in [2.45, 2.75) is 25.1 Å². The molecule has 1 unspecified atom stereocenters. The maximum Gasteiger partial charge on any atom is 0.228 e. The maximum absolute atomic E-state index is 11.8. The fourth-order valence-electron chi connectivity index (χ4n) is 2.13. The van der Waals surface area contributed by atoms with E-state index in [1.54, 1.807) is 4.90 Å². The van der Waals surface area contributed by atoms with Gasteiger partial charge in [0.25, 0.3) is 0 Å². The van der Waals surface area contributed by atoms with Crippen LogP contribution in [0.2, 0.25) is 5.02 Å². The van der Waals surface area contributed by atoms with Gasteiger partial charge >= 0.3 is 0 Å². The number of hydrogen-bond donors (Lipinski definition) is 0. The molecule has 1 saturated heterocycles. The second-order valence-electron chi connectivity index (χ2n) is 4.22. The van der Waals surface area contributed by atoms with E-state index in [0.29, 0.717) is 18.0 Å². The number of anilines is 1. The quantitative estimate of drug-likeness (QED) is 0.728. The molecule has 0 radical (unpaired) electrons. The Labute approximate surface area is 109 Å². The molecule has 0 aliphatic carbocycles. The van der Waals surface area contributed by atoms with Gasteiger partial charge in [-0.15, -0.1) is 0 Å². The van der Waals surface area contributed by atoms with Crippen LogP contribution >= 0.6 is 27.5 Å². The molecule has 1 aromatic carbocycles. The molecule has 1 atom stereocenters. The number of alkyl halides is 1. The largest absolute Gasteiger partial charge is 0.310 e. The molecule has 1 heterocycles. The van der Waals surface area contributed by atoms with Crippen molar-refractivity contribution in [3.8, 4) is 0 Å². The van der Waals surface area contributed by atoms with Crippen molar-refractivity contribution in [1.29, 1.82) is 0 Å². The van der Waals surface area contributed by atoms with E-state index >= 15 is 0 Å². The average Bonchev–Trinajstić information content (AvgIpc) is 2.43. The maximum atomic E-state index is 11.8. The highest BCUT2D eigenvalue weighted by Crippen LogP contribution is 2.34. The van der Waals surface area contributed by atoms with E-state index in [-0.39, 0.29) is 10.7 Å². The molecule has 1 aliphatic rings. The van der Waals surface area contributed by atoms with Crippen molar-refractivity contribution in [2.24, 2.45) is 0 Å². The zero-order valence-electron chi connectivity index (χ0n) is 9.26. The monoisotopic (exact) mass is 301 g/mol. The Bertz CT molecular complexity index is 424. The minimum absolute atomic E-state index is 0.135. The van der Waals surface area contributed by atoms with Crippen molar-refractivity contribution < 1.29 is 4.79 Å². The first-order chi connectivity index (χ1) is 7.49.